The van der Waals surface area contributed by atoms with Gasteiger partial charge in [-0.3, -0.25) is 0 Å². The van der Waals surface area contributed by atoms with Crippen LogP contribution in [0.2, 0.25) is 5.02 Å². The minimum atomic E-state index is 0.849. The van der Waals surface area contributed by atoms with Gasteiger partial charge >= 0.3 is 0 Å². The first-order chi connectivity index (χ1) is 5.74. The molecule has 0 saturated carbocycles. The number of hydrogen-bond donors (Lipinski definition) is 1. The Hall–Kier alpha value is -0.530. The summed E-state index contributed by atoms with van der Waals surface area (Å²) >= 11 is 5.99. The Labute approximate surface area is 78.7 Å². The van der Waals surface area contributed by atoms with Crippen molar-refractivity contribution in [1.29, 1.82) is 0 Å². The van der Waals surface area contributed by atoms with Crippen LogP contribution in [0.15, 0.2) is 18.2 Å². The largest absolute Gasteiger partial charge is 0.313 e. The molecule has 1 N–H and O–H groups in total. The van der Waals surface area contributed by atoms with E-state index in [0.29, 0.717) is 0 Å². The summed E-state index contributed by atoms with van der Waals surface area (Å²) in [6.07, 6.45) is 0. The molecule has 0 radical (unpaired) electrons. The van der Waals surface area contributed by atoms with Crippen molar-refractivity contribution in [3.05, 3.63) is 34.3 Å². The van der Waals surface area contributed by atoms with E-state index in [-0.39, 0.29) is 0 Å². The molecule has 0 saturated heterocycles. The first-order valence-electron chi connectivity index (χ1n) is 4.19. The molecule has 0 amide bonds. The Balaban J connectivity index is 2.75. The van der Waals surface area contributed by atoms with E-state index in [2.05, 4.69) is 25.2 Å². The Morgan fingerprint density at radius 2 is 2.17 bits per heavy atom. The van der Waals surface area contributed by atoms with Crippen molar-refractivity contribution < 1.29 is 0 Å². The average Bonchev–Trinajstić information content (AvgIpc) is 2.07. The molecule has 0 fully saturated rings. The van der Waals surface area contributed by atoms with E-state index < -0.39 is 0 Å². The third-order valence-corrected chi connectivity index (χ3v) is 2.14. The maximum atomic E-state index is 5.99. The van der Waals surface area contributed by atoms with Gasteiger partial charge in [0.05, 0.1) is 0 Å². The molecule has 0 aromatic heterocycles. The maximum absolute atomic E-state index is 5.99. The van der Waals surface area contributed by atoms with Gasteiger partial charge in [-0.1, -0.05) is 36.2 Å². The minimum Gasteiger partial charge on any atom is -0.313 e. The Morgan fingerprint density at radius 1 is 1.42 bits per heavy atom. The van der Waals surface area contributed by atoms with Gasteiger partial charge in [-0.25, -0.2) is 0 Å². The first kappa shape index (κ1) is 9.56. The highest BCUT2D eigenvalue weighted by Gasteiger charge is 1.98. The zero-order chi connectivity index (χ0) is 8.97. The van der Waals surface area contributed by atoms with Crippen molar-refractivity contribution in [3.63, 3.8) is 0 Å². The van der Waals surface area contributed by atoms with Crippen LogP contribution in [0.1, 0.15) is 18.1 Å². The van der Waals surface area contributed by atoms with Crippen molar-refractivity contribution in [1.82, 2.24) is 5.32 Å². The van der Waals surface area contributed by atoms with Gasteiger partial charge in [-0.05, 0) is 25.1 Å². The highest BCUT2D eigenvalue weighted by atomic mass is 35.5. The number of benzene rings is 1. The van der Waals surface area contributed by atoms with Gasteiger partial charge in [0.15, 0.2) is 0 Å². The van der Waals surface area contributed by atoms with Crippen LogP contribution in [0.5, 0.6) is 0 Å². The molecule has 1 aromatic carbocycles. The molecule has 1 nitrogen and oxygen atoms in total. The maximum Gasteiger partial charge on any atom is 0.0451 e. The van der Waals surface area contributed by atoms with E-state index in [0.717, 1.165) is 18.1 Å². The molecule has 12 heavy (non-hydrogen) atoms. The standard InChI is InChI=1S/C10H14ClN/c1-3-12-7-9-6-8(2)4-5-10(9)11/h4-6,12H,3,7H2,1-2H3. The third kappa shape index (κ3) is 2.50. The smallest absolute Gasteiger partial charge is 0.0451 e. The third-order valence-electron chi connectivity index (χ3n) is 1.77. The second kappa shape index (κ2) is 4.48. The first-order valence-corrected chi connectivity index (χ1v) is 4.57. The van der Waals surface area contributed by atoms with Crippen LogP contribution in [-0.2, 0) is 6.54 Å². The highest BCUT2D eigenvalue weighted by Crippen LogP contribution is 2.16. The number of nitrogens with one attached hydrogen (secondary N) is 1. The zero-order valence-electron chi connectivity index (χ0n) is 7.52. The van der Waals surface area contributed by atoms with E-state index in [4.69, 9.17) is 11.6 Å². The number of halogens is 1. The molecule has 0 bridgehead atoms. The molecule has 0 aliphatic rings. The second-order valence-electron chi connectivity index (χ2n) is 2.88. The highest BCUT2D eigenvalue weighted by molar-refractivity contribution is 6.31. The quantitative estimate of drug-likeness (QED) is 0.760. The second-order valence-corrected chi connectivity index (χ2v) is 3.28. The lowest BCUT2D eigenvalue weighted by molar-refractivity contribution is 0.726. The van der Waals surface area contributed by atoms with Gasteiger partial charge in [0.2, 0.25) is 0 Å². The summed E-state index contributed by atoms with van der Waals surface area (Å²) in [4.78, 5) is 0. The van der Waals surface area contributed by atoms with Gasteiger partial charge in [0, 0.05) is 11.6 Å². The van der Waals surface area contributed by atoms with Crippen molar-refractivity contribution in [2.45, 2.75) is 20.4 Å². The Morgan fingerprint density at radius 3 is 2.83 bits per heavy atom. The summed E-state index contributed by atoms with van der Waals surface area (Å²) in [7, 11) is 0. The molecule has 0 heterocycles. The molecular weight excluding hydrogens is 170 g/mol. The summed E-state index contributed by atoms with van der Waals surface area (Å²) < 4.78 is 0. The van der Waals surface area contributed by atoms with Crippen LogP contribution < -0.4 is 5.32 Å². The summed E-state index contributed by atoms with van der Waals surface area (Å²) in [5.74, 6) is 0. The summed E-state index contributed by atoms with van der Waals surface area (Å²) in [6, 6.07) is 6.09. The monoisotopic (exact) mass is 183 g/mol. The summed E-state index contributed by atoms with van der Waals surface area (Å²) in [5, 5.41) is 4.10. The number of rotatable bonds is 3. The fourth-order valence-electron chi connectivity index (χ4n) is 1.10. The van der Waals surface area contributed by atoms with Crippen LogP contribution in [-0.4, -0.2) is 6.54 Å². The minimum absolute atomic E-state index is 0.849. The summed E-state index contributed by atoms with van der Waals surface area (Å²) in [6.45, 7) is 6.00. The Bertz CT molecular complexity index is 258. The zero-order valence-corrected chi connectivity index (χ0v) is 8.28. The lowest BCUT2D eigenvalue weighted by Gasteiger charge is -2.05. The molecule has 0 aliphatic carbocycles. The molecule has 1 rings (SSSR count). The van der Waals surface area contributed by atoms with Crippen LogP contribution >= 0.6 is 11.6 Å². The van der Waals surface area contributed by atoms with Crippen molar-refractivity contribution in [2.24, 2.45) is 0 Å². The van der Waals surface area contributed by atoms with E-state index in [1.807, 2.05) is 12.1 Å². The fraction of sp³-hybridized carbons (Fsp3) is 0.400. The van der Waals surface area contributed by atoms with Gasteiger partial charge < -0.3 is 5.32 Å². The van der Waals surface area contributed by atoms with E-state index in [9.17, 15) is 0 Å². The summed E-state index contributed by atoms with van der Waals surface area (Å²) in [5.41, 5.74) is 2.44. The SMILES string of the molecule is CCNCc1cc(C)ccc1Cl. The van der Waals surface area contributed by atoms with E-state index in [1.54, 1.807) is 0 Å². The number of hydrogen-bond acceptors (Lipinski definition) is 1. The number of aryl methyl sites for hydroxylation is 1. The molecule has 0 atom stereocenters. The van der Waals surface area contributed by atoms with Gasteiger partial charge in [-0.15, -0.1) is 0 Å². The predicted molar refractivity (Wildman–Crippen MR) is 53.6 cm³/mol. The lowest BCUT2D eigenvalue weighted by atomic mass is 10.1. The topological polar surface area (TPSA) is 12.0 Å². The molecule has 0 unspecified atom stereocenters. The van der Waals surface area contributed by atoms with Crippen molar-refractivity contribution >= 4 is 11.6 Å². The Kier molecular flexibility index (Phi) is 3.57. The fourth-order valence-corrected chi connectivity index (χ4v) is 1.28. The molecule has 66 valence electrons. The molecular formula is C10H14ClN. The molecule has 0 spiro atoms. The van der Waals surface area contributed by atoms with Gasteiger partial charge in [0.1, 0.15) is 0 Å². The van der Waals surface area contributed by atoms with Crippen molar-refractivity contribution in [3.8, 4) is 0 Å². The molecule has 0 aliphatic heterocycles. The normalized spacial score (nSPS) is 10.2. The van der Waals surface area contributed by atoms with Crippen molar-refractivity contribution in [2.75, 3.05) is 6.54 Å². The van der Waals surface area contributed by atoms with Crippen LogP contribution in [0.4, 0.5) is 0 Å². The molecule has 1 aromatic rings. The predicted octanol–water partition coefficient (Wildman–Crippen LogP) is 2.76. The van der Waals surface area contributed by atoms with Crippen LogP contribution in [0, 0.1) is 6.92 Å². The van der Waals surface area contributed by atoms with Crippen LogP contribution in [0.3, 0.4) is 0 Å². The van der Waals surface area contributed by atoms with Gasteiger partial charge in [-0.2, -0.15) is 0 Å². The van der Waals surface area contributed by atoms with E-state index >= 15 is 0 Å². The lowest BCUT2D eigenvalue weighted by Crippen LogP contribution is -2.12. The van der Waals surface area contributed by atoms with E-state index in [1.165, 1.54) is 11.1 Å². The average molecular weight is 184 g/mol. The van der Waals surface area contributed by atoms with Gasteiger partial charge in [0.25, 0.3) is 0 Å². The van der Waals surface area contributed by atoms with Crippen LogP contribution in [0.25, 0.3) is 0 Å². The molecule has 2 heteroatoms.